The number of rotatable bonds is 3. The predicted molar refractivity (Wildman–Crippen MR) is 78.4 cm³/mol. The van der Waals surface area contributed by atoms with E-state index in [0.717, 1.165) is 19.4 Å². The van der Waals surface area contributed by atoms with E-state index in [-0.39, 0.29) is 5.82 Å². The summed E-state index contributed by atoms with van der Waals surface area (Å²) < 4.78 is 14.7. The highest BCUT2D eigenvalue weighted by Crippen LogP contribution is 2.19. The van der Waals surface area contributed by atoms with E-state index in [1.807, 2.05) is 12.1 Å². The van der Waals surface area contributed by atoms with Gasteiger partial charge in [-0.05, 0) is 68.9 Å². The maximum absolute atomic E-state index is 12.9. The molecule has 1 aromatic heterocycles. The van der Waals surface area contributed by atoms with Gasteiger partial charge in [-0.15, -0.1) is 0 Å². The van der Waals surface area contributed by atoms with Crippen molar-refractivity contribution >= 4 is 44.2 Å². The first-order chi connectivity index (χ1) is 8.15. The van der Waals surface area contributed by atoms with Crippen LogP contribution < -0.4 is 5.32 Å². The molecule has 1 N–H and O–H groups in total. The van der Waals surface area contributed by atoms with E-state index >= 15 is 0 Å². The average molecular weight is 407 g/mol. The Morgan fingerprint density at radius 2 is 2.12 bits per heavy atom. The van der Waals surface area contributed by atoms with Crippen LogP contribution >= 0.6 is 38.5 Å². The third kappa shape index (κ3) is 3.64. The molecule has 0 bridgehead atoms. The van der Waals surface area contributed by atoms with Gasteiger partial charge < -0.3 is 5.32 Å². The highest BCUT2D eigenvalue weighted by molar-refractivity contribution is 14.1. The van der Waals surface area contributed by atoms with E-state index in [0.29, 0.717) is 6.54 Å². The fourth-order valence-electron chi connectivity index (χ4n) is 1.33. The summed E-state index contributed by atoms with van der Waals surface area (Å²) >= 11 is 5.44. The fraction of sp³-hybridized carbons (Fsp3) is 0.0833. The Kier molecular flexibility index (Phi) is 4.33. The molecule has 0 unspecified atom stereocenters. The number of benzene rings is 1. The van der Waals surface area contributed by atoms with Crippen LogP contribution in [-0.2, 0) is 6.54 Å². The van der Waals surface area contributed by atoms with Crippen molar-refractivity contribution in [2.45, 2.75) is 6.54 Å². The van der Waals surface area contributed by atoms with Crippen LogP contribution in [0, 0.1) is 9.39 Å². The minimum Gasteiger partial charge on any atom is -0.379 e. The molecule has 0 aliphatic carbocycles. The molecule has 0 saturated heterocycles. The zero-order chi connectivity index (χ0) is 12.3. The van der Waals surface area contributed by atoms with E-state index in [1.165, 1.54) is 12.1 Å². The number of halogens is 3. The van der Waals surface area contributed by atoms with E-state index in [9.17, 15) is 4.39 Å². The molecule has 1 heterocycles. The molecule has 0 aliphatic rings. The molecule has 0 radical (unpaired) electrons. The van der Waals surface area contributed by atoms with Crippen LogP contribution in [0.2, 0.25) is 0 Å². The Balaban J connectivity index is 2.04. The van der Waals surface area contributed by atoms with Gasteiger partial charge in [0, 0.05) is 19.9 Å². The normalized spacial score (nSPS) is 10.3. The van der Waals surface area contributed by atoms with Crippen molar-refractivity contribution in [2.24, 2.45) is 0 Å². The number of hydrogen-bond acceptors (Lipinski definition) is 2. The van der Waals surface area contributed by atoms with E-state index in [4.69, 9.17) is 0 Å². The van der Waals surface area contributed by atoms with Gasteiger partial charge in [-0.25, -0.2) is 4.39 Å². The van der Waals surface area contributed by atoms with Gasteiger partial charge in [-0.2, -0.15) is 0 Å². The summed E-state index contributed by atoms with van der Waals surface area (Å²) in [6, 6.07) is 8.56. The molecular weight excluding hydrogens is 398 g/mol. The van der Waals surface area contributed by atoms with Gasteiger partial charge >= 0.3 is 0 Å². The predicted octanol–water partition coefficient (Wildman–Crippen LogP) is 4.20. The van der Waals surface area contributed by atoms with Crippen molar-refractivity contribution in [2.75, 3.05) is 5.32 Å². The Bertz CT molecular complexity index is 516. The van der Waals surface area contributed by atoms with Crippen LogP contribution in [0.25, 0.3) is 0 Å². The lowest BCUT2D eigenvalue weighted by Gasteiger charge is -2.08. The first-order valence-corrected chi connectivity index (χ1v) is 6.81. The van der Waals surface area contributed by atoms with Gasteiger partial charge in [0.2, 0.25) is 0 Å². The number of nitrogens with one attached hydrogen (secondary N) is 1. The summed E-state index contributed by atoms with van der Waals surface area (Å²) in [5, 5.41) is 3.22. The van der Waals surface area contributed by atoms with E-state index in [1.54, 1.807) is 12.3 Å². The molecular formula is C12H9BrFIN2. The van der Waals surface area contributed by atoms with Gasteiger partial charge in [0.05, 0.1) is 12.2 Å². The van der Waals surface area contributed by atoms with Crippen LogP contribution in [0.3, 0.4) is 0 Å². The Hall–Kier alpha value is -0.690. The Morgan fingerprint density at radius 1 is 1.29 bits per heavy atom. The SMILES string of the molecule is Fc1ccc(NCc2ccc(Br)cn2)c(I)c1. The smallest absolute Gasteiger partial charge is 0.124 e. The van der Waals surface area contributed by atoms with Crippen molar-refractivity contribution in [3.8, 4) is 0 Å². The Morgan fingerprint density at radius 3 is 2.76 bits per heavy atom. The Labute approximate surface area is 121 Å². The second kappa shape index (κ2) is 5.77. The summed E-state index contributed by atoms with van der Waals surface area (Å²) in [6.07, 6.45) is 1.76. The summed E-state index contributed by atoms with van der Waals surface area (Å²) in [5.74, 6) is -0.221. The number of hydrogen-bond donors (Lipinski definition) is 1. The lowest BCUT2D eigenvalue weighted by molar-refractivity contribution is 0.627. The maximum Gasteiger partial charge on any atom is 0.124 e. The third-order valence-electron chi connectivity index (χ3n) is 2.18. The minimum absolute atomic E-state index is 0.221. The molecule has 0 aliphatic heterocycles. The quantitative estimate of drug-likeness (QED) is 0.772. The fourth-order valence-corrected chi connectivity index (χ4v) is 2.23. The number of nitrogens with zero attached hydrogens (tertiary/aromatic N) is 1. The molecule has 0 fully saturated rings. The molecule has 0 spiro atoms. The molecule has 2 nitrogen and oxygen atoms in total. The van der Waals surface area contributed by atoms with Crippen LogP contribution in [0.5, 0.6) is 0 Å². The highest BCUT2D eigenvalue weighted by atomic mass is 127. The first kappa shape index (κ1) is 12.8. The molecule has 2 aromatic rings. The summed E-state index contributed by atoms with van der Waals surface area (Å²) in [6.45, 7) is 0.620. The van der Waals surface area contributed by atoms with Crippen LogP contribution in [0.4, 0.5) is 10.1 Å². The largest absolute Gasteiger partial charge is 0.379 e. The zero-order valence-corrected chi connectivity index (χ0v) is 12.5. The van der Waals surface area contributed by atoms with Gasteiger partial charge in [0.1, 0.15) is 5.82 Å². The van der Waals surface area contributed by atoms with Gasteiger partial charge in [-0.1, -0.05) is 0 Å². The number of anilines is 1. The van der Waals surface area contributed by atoms with Crippen molar-refractivity contribution in [3.05, 3.63) is 56.1 Å². The molecule has 17 heavy (non-hydrogen) atoms. The number of aromatic nitrogens is 1. The average Bonchev–Trinajstić information content (AvgIpc) is 2.30. The molecule has 0 saturated carbocycles. The van der Waals surface area contributed by atoms with Crippen LogP contribution in [0.15, 0.2) is 41.0 Å². The first-order valence-electron chi connectivity index (χ1n) is 4.94. The zero-order valence-electron chi connectivity index (χ0n) is 8.75. The summed E-state index contributed by atoms with van der Waals surface area (Å²) in [7, 11) is 0. The lowest BCUT2D eigenvalue weighted by Crippen LogP contribution is -2.02. The third-order valence-corrected chi connectivity index (χ3v) is 3.54. The van der Waals surface area contributed by atoms with Crippen molar-refractivity contribution in [1.29, 1.82) is 0 Å². The van der Waals surface area contributed by atoms with Crippen molar-refractivity contribution < 1.29 is 4.39 Å². The number of pyridine rings is 1. The van der Waals surface area contributed by atoms with E-state index in [2.05, 4.69) is 48.8 Å². The highest BCUT2D eigenvalue weighted by Gasteiger charge is 2.01. The monoisotopic (exact) mass is 406 g/mol. The molecule has 0 amide bonds. The molecule has 0 atom stereocenters. The van der Waals surface area contributed by atoms with Gasteiger partial charge in [-0.3, -0.25) is 4.98 Å². The van der Waals surface area contributed by atoms with Crippen LogP contribution in [-0.4, -0.2) is 4.98 Å². The van der Waals surface area contributed by atoms with Crippen molar-refractivity contribution in [3.63, 3.8) is 0 Å². The second-order valence-electron chi connectivity index (χ2n) is 3.45. The minimum atomic E-state index is -0.221. The van der Waals surface area contributed by atoms with E-state index < -0.39 is 0 Å². The molecule has 88 valence electrons. The molecule has 5 heteroatoms. The molecule has 1 aromatic carbocycles. The standard InChI is InChI=1S/C12H9BrFIN2/c13-8-1-3-10(16-6-8)7-17-12-4-2-9(14)5-11(12)15/h1-6,17H,7H2. The lowest BCUT2D eigenvalue weighted by atomic mass is 10.3. The second-order valence-corrected chi connectivity index (χ2v) is 5.52. The van der Waals surface area contributed by atoms with Crippen molar-refractivity contribution in [1.82, 2.24) is 4.98 Å². The topological polar surface area (TPSA) is 24.9 Å². The molecule has 2 rings (SSSR count). The van der Waals surface area contributed by atoms with Crippen LogP contribution in [0.1, 0.15) is 5.69 Å². The summed E-state index contributed by atoms with van der Waals surface area (Å²) in [5.41, 5.74) is 1.85. The maximum atomic E-state index is 12.9. The van der Waals surface area contributed by atoms with Gasteiger partial charge in [0.25, 0.3) is 0 Å². The van der Waals surface area contributed by atoms with Gasteiger partial charge in [0.15, 0.2) is 0 Å². The summed E-state index contributed by atoms with van der Waals surface area (Å²) in [4.78, 5) is 4.25.